The van der Waals surface area contributed by atoms with Crippen LogP contribution in [-0.2, 0) is 0 Å². The van der Waals surface area contributed by atoms with Crippen molar-refractivity contribution in [3.8, 4) is 22.8 Å². The summed E-state index contributed by atoms with van der Waals surface area (Å²) in [5, 5.41) is 1.27. The topological polar surface area (TPSA) is 44.2 Å². The molecule has 5 heteroatoms. The molecular weight excluding hydrogens is 288 g/mol. The van der Waals surface area contributed by atoms with Gasteiger partial charge >= 0.3 is 0 Å². The van der Waals surface area contributed by atoms with E-state index in [2.05, 4.69) is 9.97 Å². The fourth-order valence-electron chi connectivity index (χ4n) is 2.18. The van der Waals surface area contributed by atoms with Gasteiger partial charge in [0.1, 0.15) is 5.15 Å². The van der Waals surface area contributed by atoms with Gasteiger partial charge in [0.2, 0.25) is 0 Å². The molecule has 0 radical (unpaired) electrons. The lowest BCUT2D eigenvalue weighted by Crippen LogP contribution is -1.92. The van der Waals surface area contributed by atoms with Crippen molar-refractivity contribution in [3.05, 3.63) is 47.7 Å². The quantitative estimate of drug-likeness (QED) is 0.687. The number of aromatic nitrogens is 2. The van der Waals surface area contributed by atoms with Crippen LogP contribution in [0, 0.1) is 0 Å². The maximum atomic E-state index is 6.24. The second-order valence-corrected chi connectivity index (χ2v) is 4.80. The zero-order chi connectivity index (χ0) is 14.8. The van der Waals surface area contributed by atoms with Crippen molar-refractivity contribution in [1.82, 2.24) is 9.97 Å². The Bertz CT molecular complexity index is 805. The molecular formula is C16H13ClN2O2. The first-order valence-electron chi connectivity index (χ1n) is 6.36. The van der Waals surface area contributed by atoms with E-state index in [-0.39, 0.29) is 0 Å². The highest BCUT2D eigenvalue weighted by Gasteiger charge is 2.10. The van der Waals surface area contributed by atoms with Gasteiger partial charge in [-0.3, -0.25) is 4.98 Å². The van der Waals surface area contributed by atoms with Gasteiger partial charge in [0.15, 0.2) is 11.5 Å². The molecule has 21 heavy (non-hydrogen) atoms. The van der Waals surface area contributed by atoms with Crippen molar-refractivity contribution in [2.24, 2.45) is 0 Å². The van der Waals surface area contributed by atoms with Crippen molar-refractivity contribution < 1.29 is 9.47 Å². The summed E-state index contributed by atoms with van der Waals surface area (Å²) in [6.07, 6.45) is 1.73. The molecule has 0 saturated carbocycles. The molecule has 0 aliphatic carbocycles. The van der Waals surface area contributed by atoms with E-state index in [9.17, 15) is 0 Å². The van der Waals surface area contributed by atoms with Gasteiger partial charge in [-0.1, -0.05) is 11.6 Å². The Hall–Kier alpha value is -2.33. The zero-order valence-electron chi connectivity index (χ0n) is 11.6. The first-order valence-corrected chi connectivity index (χ1v) is 6.74. The van der Waals surface area contributed by atoms with Gasteiger partial charge in [-0.15, -0.1) is 0 Å². The summed E-state index contributed by atoms with van der Waals surface area (Å²) in [5.74, 6) is 1.32. The summed E-state index contributed by atoms with van der Waals surface area (Å²) in [7, 11) is 3.20. The Kier molecular flexibility index (Phi) is 3.62. The number of halogens is 1. The maximum absolute atomic E-state index is 6.24. The Labute approximate surface area is 127 Å². The molecule has 0 amide bonds. The average molecular weight is 301 g/mol. The number of methoxy groups -OCH3 is 2. The fourth-order valence-corrected chi connectivity index (χ4v) is 2.43. The average Bonchev–Trinajstić information content (AvgIpc) is 2.54. The van der Waals surface area contributed by atoms with Gasteiger partial charge in [0, 0.05) is 17.1 Å². The standard InChI is InChI=1S/C16H13ClN2O2/c1-20-14-6-5-10(8-15(14)21-2)12-9-13-11(16(17)19-12)4-3-7-18-13/h3-9H,1-2H3. The molecule has 0 unspecified atom stereocenters. The van der Waals surface area contributed by atoms with Crippen LogP contribution in [0.5, 0.6) is 11.5 Å². The third kappa shape index (κ3) is 2.50. The highest BCUT2D eigenvalue weighted by molar-refractivity contribution is 6.34. The molecule has 3 rings (SSSR count). The SMILES string of the molecule is COc1ccc(-c2cc3ncccc3c(Cl)n2)cc1OC. The lowest BCUT2D eigenvalue weighted by molar-refractivity contribution is 0.355. The van der Waals surface area contributed by atoms with E-state index in [0.29, 0.717) is 16.7 Å². The second kappa shape index (κ2) is 5.58. The molecule has 106 valence electrons. The zero-order valence-corrected chi connectivity index (χ0v) is 12.4. The summed E-state index contributed by atoms with van der Waals surface area (Å²) in [5.41, 5.74) is 2.44. The third-order valence-corrected chi connectivity index (χ3v) is 3.52. The van der Waals surface area contributed by atoms with Crippen molar-refractivity contribution in [1.29, 1.82) is 0 Å². The number of hydrogen-bond acceptors (Lipinski definition) is 4. The van der Waals surface area contributed by atoms with Gasteiger partial charge in [-0.25, -0.2) is 4.98 Å². The molecule has 2 aromatic heterocycles. The number of pyridine rings is 2. The van der Waals surface area contributed by atoms with Crippen molar-refractivity contribution in [3.63, 3.8) is 0 Å². The second-order valence-electron chi connectivity index (χ2n) is 4.44. The van der Waals surface area contributed by atoms with Crippen LogP contribution in [0.15, 0.2) is 42.6 Å². The maximum Gasteiger partial charge on any atom is 0.161 e. The molecule has 1 aromatic carbocycles. The van der Waals surface area contributed by atoms with E-state index in [0.717, 1.165) is 22.2 Å². The highest BCUT2D eigenvalue weighted by Crippen LogP contribution is 2.33. The highest BCUT2D eigenvalue weighted by atomic mass is 35.5. The molecule has 0 fully saturated rings. The predicted octanol–water partition coefficient (Wildman–Crippen LogP) is 3.97. The number of benzene rings is 1. The predicted molar refractivity (Wildman–Crippen MR) is 83.1 cm³/mol. The molecule has 3 aromatic rings. The molecule has 0 saturated heterocycles. The monoisotopic (exact) mass is 300 g/mol. The van der Waals surface area contributed by atoms with Crippen LogP contribution in [0.3, 0.4) is 0 Å². The summed E-state index contributed by atoms with van der Waals surface area (Å²) >= 11 is 6.24. The van der Waals surface area contributed by atoms with Gasteiger partial charge in [0.05, 0.1) is 25.4 Å². The van der Waals surface area contributed by atoms with Crippen LogP contribution in [0.1, 0.15) is 0 Å². The Morgan fingerprint density at radius 3 is 2.57 bits per heavy atom. The van der Waals surface area contributed by atoms with E-state index in [1.54, 1.807) is 20.4 Å². The van der Waals surface area contributed by atoms with Crippen LogP contribution in [0.25, 0.3) is 22.2 Å². The van der Waals surface area contributed by atoms with Crippen LogP contribution >= 0.6 is 11.6 Å². The molecule has 0 atom stereocenters. The lowest BCUT2D eigenvalue weighted by Gasteiger charge is -2.10. The molecule has 0 N–H and O–H groups in total. The van der Waals surface area contributed by atoms with Crippen molar-refractivity contribution >= 4 is 22.5 Å². The number of nitrogens with zero attached hydrogens (tertiary/aromatic N) is 2. The van der Waals surface area contributed by atoms with Crippen LogP contribution < -0.4 is 9.47 Å². The number of rotatable bonds is 3. The first kappa shape index (κ1) is 13.6. The van der Waals surface area contributed by atoms with E-state index in [1.165, 1.54) is 0 Å². The van der Waals surface area contributed by atoms with Gasteiger partial charge in [-0.05, 0) is 36.4 Å². The number of hydrogen-bond donors (Lipinski definition) is 0. The van der Waals surface area contributed by atoms with Crippen LogP contribution in [-0.4, -0.2) is 24.2 Å². The van der Waals surface area contributed by atoms with E-state index in [4.69, 9.17) is 21.1 Å². The van der Waals surface area contributed by atoms with Gasteiger partial charge in [-0.2, -0.15) is 0 Å². The summed E-state index contributed by atoms with van der Waals surface area (Å²) < 4.78 is 10.6. The van der Waals surface area contributed by atoms with Crippen molar-refractivity contribution in [2.45, 2.75) is 0 Å². The number of ether oxygens (including phenoxy) is 2. The summed E-state index contributed by atoms with van der Waals surface area (Å²) in [4.78, 5) is 8.76. The Morgan fingerprint density at radius 1 is 1.00 bits per heavy atom. The van der Waals surface area contributed by atoms with E-state index >= 15 is 0 Å². The normalized spacial score (nSPS) is 10.6. The van der Waals surface area contributed by atoms with Gasteiger partial charge < -0.3 is 9.47 Å². The Morgan fingerprint density at radius 2 is 1.81 bits per heavy atom. The molecule has 0 bridgehead atoms. The minimum absolute atomic E-state index is 0.436. The lowest BCUT2D eigenvalue weighted by atomic mass is 10.1. The summed E-state index contributed by atoms with van der Waals surface area (Å²) in [6.45, 7) is 0. The fraction of sp³-hybridized carbons (Fsp3) is 0.125. The van der Waals surface area contributed by atoms with Gasteiger partial charge in [0.25, 0.3) is 0 Å². The minimum Gasteiger partial charge on any atom is -0.493 e. The first-order chi connectivity index (χ1) is 10.2. The number of fused-ring (bicyclic) bond motifs is 1. The molecule has 0 spiro atoms. The largest absolute Gasteiger partial charge is 0.493 e. The molecule has 0 aliphatic rings. The molecule has 0 aliphatic heterocycles. The summed E-state index contributed by atoms with van der Waals surface area (Å²) in [6, 6.07) is 11.3. The van der Waals surface area contributed by atoms with E-state index < -0.39 is 0 Å². The Balaban J connectivity index is 2.16. The van der Waals surface area contributed by atoms with E-state index in [1.807, 2.05) is 36.4 Å². The van der Waals surface area contributed by atoms with Crippen LogP contribution in [0.4, 0.5) is 0 Å². The molecule has 2 heterocycles. The minimum atomic E-state index is 0.436. The third-order valence-electron chi connectivity index (χ3n) is 3.23. The molecule has 4 nitrogen and oxygen atoms in total. The van der Waals surface area contributed by atoms with Crippen LogP contribution in [0.2, 0.25) is 5.15 Å². The smallest absolute Gasteiger partial charge is 0.161 e. The van der Waals surface area contributed by atoms with Crippen molar-refractivity contribution in [2.75, 3.05) is 14.2 Å².